The molecule has 2 aromatic carbocycles. The van der Waals surface area contributed by atoms with E-state index in [9.17, 15) is 4.79 Å². The number of hydrogen-bond acceptors (Lipinski definition) is 1. The molecule has 0 unspecified atom stereocenters. The van der Waals surface area contributed by atoms with Gasteiger partial charge in [0.15, 0.2) is 0 Å². The average molecular weight is 265 g/mol. The molecule has 3 rings (SSSR count). The third kappa shape index (κ3) is 2.90. The summed E-state index contributed by atoms with van der Waals surface area (Å²) in [5.41, 5.74) is 2.45. The van der Waals surface area contributed by atoms with Crippen LogP contribution in [0.4, 0.5) is 0 Å². The van der Waals surface area contributed by atoms with Gasteiger partial charge in [-0.25, -0.2) is 0 Å². The first kappa shape index (κ1) is 12.9. The van der Waals surface area contributed by atoms with Gasteiger partial charge >= 0.3 is 0 Å². The van der Waals surface area contributed by atoms with Crippen molar-refractivity contribution in [2.45, 2.75) is 18.8 Å². The molecule has 0 radical (unpaired) electrons. The molecule has 1 aliphatic heterocycles. The molecule has 1 fully saturated rings. The largest absolute Gasteiger partial charge is 0.342 e. The number of rotatable bonds is 3. The van der Waals surface area contributed by atoms with Crippen molar-refractivity contribution >= 4 is 5.91 Å². The van der Waals surface area contributed by atoms with Gasteiger partial charge in [0, 0.05) is 19.0 Å². The van der Waals surface area contributed by atoms with E-state index in [1.165, 1.54) is 5.56 Å². The molecule has 2 heteroatoms. The Kier molecular flexibility index (Phi) is 3.82. The Labute approximate surface area is 120 Å². The van der Waals surface area contributed by atoms with Crippen molar-refractivity contribution in [1.29, 1.82) is 0 Å². The third-order valence-electron chi connectivity index (χ3n) is 4.01. The number of hydrogen-bond donors (Lipinski definition) is 0. The molecule has 0 saturated carbocycles. The summed E-state index contributed by atoms with van der Waals surface area (Å²) >= 11 is 0. The lowest BCUT2D eigenvalue weighted by Gasteiger charge is -2.16. The highest BCUT2D eigenvalue weighted by Gasteiger charge is 2.26. The summed E-state index contributed by atoms with van der Waals surface area (Å²) in [6.45, 7) is 1.74. The van der Waals surface area contributed by atoms with Gasteiger partial charge in [-0.05, 0) is 17.5 Å². The van der Waals surface area contributed by atoms with Crippen molar-refractivity contribution in [3.8, 4) is 0 Å². The number of amides is 1. The monoisotopic (exact) mass is 265 g/mol. The second-order valence-corrected chi connectivity index (χ2v) is 5.40. The standard InChI is InChI=1S/C18H19NO/c20-18(13-15-7-3-1-4-8-15)19-12-11-17(14-19)16-9-5-2-6-10-16/h1-10,17H,11-14H2/t17-/m0/s1. The summed E-state index contributed by atoms with van der Waals surface area (Å²) in [7, 11) is 0. The highest BCUT2D eigenvalue weighted by atomic mass is 16.2. The second kappa shape index (κ2) is 5.91. The van der Waals surface area contributed by atoms with Crippen LogP contribution in [0.2, 0.25) is 0 Å². The fraction of sp³-hybridized carbons (Fsp3) is 0.278. The van der Waals surface area contributed by atoms with E-state index in [1.807, 2.05) is 41.3 Å². The SMILES string of the molecule is O=C(Cc1ccccc1)N1CC[C@H](c2ccccc2)C1. The molecule has 0 spiro atoms. The predicted molar refractivity (Wildman–Crippen MR) is 80.5 cm³/mol. The second-order valence-electron chi connectivity index (χ2n) is 5.40. The Morgan fingerprint density at radius 2 is 1.65 bits per heavy atom. The Bertz CT molecular complexity index is 564. The maximum absolute atomic E-state index is 12.3. The third-order valence-corrected chi connectivity index (χ3v) is 4.01. The van der Waals surface area contributed by atoms with E-state index in [1.54, 1.807) is 0 Å². The minimum absolute atomic E-state index is 0.245. The van der Waals surface area contributed by atoms with Gasteiger partial charge in [-0.1, -0.05) is 60.7 Å². The lowest BCUT2D eigenvalue weighted by molar-refractivity contribution is -0.129. The maximum atomic E-state index is 12.3. The molecule has 20 heavy (non-hydrogen) atoms. The number of nitrogens with zero attached hydrogens (tertiary/aromatic N) is 1. The minimum Gasteiger partial charge on any atom is -0.342 e. The minimum atomic E-state index is 0.245. The number of carbonyl (C=O) groups excluding carboxylic acids is 1. The maximum Gasteiger partial charge on any atom is 0.227 e. The lowest BCUT2D eigenvalue weighted by atomic mass is 9.99. The average Bonchev–Trinajstić information content (AvgIpc) is 2.99. The Morgan fingerprint density at radius 1 is 1.00 bits per heavy atom. The van der Waals surface area contributed by atoms with Gasteiger partial charge in [-0.15, -0.1) is 0 Å². The quantitative estimate of drug-likeness (QED) is 0.834. The van der Waals surface area contributed by atoms with Crippen molar-refractivity contribution < 1.29 is 4.79 Å². The molecule has 0 bridgehead atoms. The van der Waals surface area contributed by atoms with E-state index in [-0.39, 0.29) is 5.91 Å². The van der Waals surface area contributed by atoms with E-state index < -0.39 is 0 Å². The molecular formula is C18H19NO. The number of benzene rings is 2. The van der Waals surface area contributed by atoms with Gasteiger partial charge < -0.3 is 4.90 Å². The normalized spacial score (nSPS) is 18.2. The molecular weight excluding hydrogens is 246 g/mol. The lowest BCUT2D eigenvalue weighted by Crippen LogP contribution is -2.29. The van der Waals surface area contributed by atoms with Crippen LogP contribution in [0.15, 0.2) is 60.7 Å². The van der Waals surface area contributed by atoms with Crippen molar-refractivity contribution in [3.05, 3.63) is 71.8 Å². The van der Waals surface area contributed by atoms with E-state index in [0.29, 0.717) is 12.3 Å². The number of likely N-dealkylation sites (tertiary alicyclic amines) is 1. The molecule has 0 aromatic heterocycles. The topological polar surface area (TPSA) is 20.3 Å². The van der Waals surface area contributed by atoms with Gasteiger partial charge in [-0.3, -0.25) is 4.79 Å². The van der Waals surface area contributed by atoms with Crippen molar-refractivity contribution in [1.82, 2.24) is 4.90 Å². The molecule has 2 aromatic rings. The summed E-state index contributed by atoms with van der Waals surface area (Å²) in [6.07, 6.45) is 1.59. The molecule has 1 heterocycles. The zero-order chi connectivity index (χ0) is 13.8. The zero-order valence-corrected chi connectivity index (χ0v) is 11.5. The van der Waals surface area contributed by atoms with Gasteiger partial charge in [0.2, 0.25) is 5.91 Å². The summed E-state index contributed by atoms with van der Waals surface area (Å²) in [4.78, 5) is 14.3. The summed E-state index contributed by atoms with van der Waals surface area (Å²) in [6, 6.07) is 20.5. The first-order valence-corrected chi connectivity index (χ1v) is 7.19. The van der Waals surface area contributed by atoms with Crippen LogP contribution in [0.25, 0.3) is 0 Å². The van der Waals surface area contributed by atoms with Crippen LogP contribution in [0.1, 0.15) is 23.5 Å². The highest BCUT2D eigenvalue weighted by molar-refractivity contribution is 5.79. The van der Waals surface area contributed by atoms with Crippen LogP contribution in [-0.2, 0) is 11.2 Å². The van der Waals surface area contributed by atoms with Gasteiger partial charge in [0.25, 0.3) is 0 Å². The summed E-state index contributed by atoms with van der Waals surface area (Å²) in [5.74, 6) is 0.741. The summed E-state index contributed by atoms with van der Waals surface area (Å²) < 4.78 is 0. The van der Waals surface area contributed by atoms with E-state index >= 15 is 0 Å². The molecule has 1 saturated heterocycles. The highest BCUT2D eigenvalue weighted by Crippen LogP contribution is 2.27. The van der Waals surface area contributed by atoms with Gasteiger partial charge in [-0.2, -0.15) is 0 Å². The van der Waals surface area contributed by atoms with E-state index in [2.05, 4.69) is 24.3 Å². The molecule has 0 aliphatic carbocycles. The van der Waals surface area contributed by atoms with Crippen LogP contribution < -0.4 is 0 Å². The molecule has 102 valence electrons. The van der Waals surface area contributed by atoms with Crippen LogP contribution in [0.5, 0.6) is 0 Å². The van der Waals surface area contributed by atoms with Crippen LogP contribution in [0, 0.1) is 0 Å². The zero-order valence-electron chi connectivity index (χ0n) is 11.5. The van der Waals surface area contributed by atoms with Crippen LogP contribution in [-0.4, -0.2) is 23.9 Å². The molecule has 0 N–H and O–H groups in total. The smallest absolute Gasteiger partial charge is 0.227 e. The Balaban J connectivity index is 1.61. The van der Waals surface area contributed by atoms with E-state index in [4.69, 9.17) is 0 Å². The first-order chi connectivity index (χ1) is 9.83. The molecule has 1 aliphatic rings. The summed E-state index contributed by atoms with van der Waals surface area (Å²) in [5, 5.41) is 0. The Morgan fingerprint density at radius 3 is 2.35 bits per heavy atom. The first-order valence-electron chi connectivity index (χ1n) is 7.19. The van der Waals surface area contributed by atoms with Gasteiger partial charge in [0.05, 0.1) is 6.42 Å². The van der Waals surface area contributed by atoms with E-state index in [0.717, 1.165) is 25.1 Å². The fourth-order valence-corrected chi connectivity index (χ4v) is 2.87. The van der Waals surface area contributed by atoms with Crippen LogP contribution >= 0.6 is 0 Å². The fourth-order valence-electron chi connectivity index (χ4n) is 2.87. The number of carbonyl (C=O) groups is 1. The predicted octanol–water partition coefficient (Wildman–Crippen LogP) is 3.25. The molecule has 2 nitrogen and oxygen atoms in total. The Hall–Kier alpha value is -2.09. The van der Waals surface area contributed by atoms with Crippen molar-refractivity contribution in [2.24, 2.45) is 0 Å². The molecule has 1 amide bonds. The van der Waals surface area contributed by atoms with Crippen molar-refractivity contribution in [2.75, 3.05) is 13.1 Å². The molecule has 1 atom stereocenters. The van der Waals surface area contributed by atoms with Crippen LogP contribution in [0.3, 0.4) is 0 Å². The van der Waals surface area contributed by atoms with Crippen molar-refractivity contribution in [3.63, 3.8) is 0 Å². The van der Waals surface area contributed by atoms with Gasteiger partial charge in [0.1, 0.15) is 0 Å².